The average Bonchev–Trinajstić information content (AvgIpc) is 2.35. The molecule has 1 aromatic carbocycles. The van der Waals surface area contributed by atoms with Crippen LogP contribution in [0.1, 0.15) is 10.4 Å². The molecule has 16 heavy (non-hydrogen) atoms. The maximum Gasteiger partial charge on any atom is 0.296 e. The third kappa shape index (κ3) is 3.56. The summed E-state index contributed by atoms with van der Waals surface area (Å²) in [5.41, 5.74) is -0.998. The fraction of sp³-hybridized carbons (Fsp3) is 0.200. The first-order valence-corrected chi connectivity index (χ1v) is 5.45. The fourth-order valence-corrected chi connectivity index (χ4v) is 1.64. The minimum absolute atomic E-state index is 0.302. The number of amides is 1. The SMILES string of the molecule is O=NC(=O)CSC(O)C(=O)c1ccccc1. The van der Waals surface area contributed by atoms with Crippen LogP contribution in [0.3, 0.4) is 0 Å². The summed E-state index contributed by atoms with van der Waals surface area (Å²) in [5.74, 6) is -1.70. The Hall–Kier alpha value is -1.53. The summed E-state index contributed by atoms with van der Waals surface area (Å²) < 4.78 is 0. The van der Waals surface area contributed by atoms with Crippen molar-refractivity contribution in [2.24, 2.45) is 5.18 Å². The van der Waals surface area contributed by atoms with Gasteiger partial charge < -0.3 is 5.11 Å². The van der Waals surface area contributed by atoms with Gasteiger partial charge in [-0.3, -0.25) is 9.59 Å². The van der Waals surface area contributed by atoms with Gasteiger partial charge in [-0.2, -0.15) is 0 Å². The van der Waals surface area contributed by atoms with E-state index in [1.165, 1.54) is 0 Å². The molecule has 0 fully saturated rings. The van der Waals surface area contributed by atoms with Crippen molar-refractivity contribution in [3.63, 3.8) is 0 Å². The largest absolute Gasteiger partial charge is 0.374 e. The lowest BCUT2D eigenvalue weighted by Crippen LogP contribution is -2.18. The molecule has 1 aromatic rings. The van der Waals surface area contributed by atoms with Crippen LogP contribution in [-0.2, 0) is 4.79 Å². The van der Waals surface area contributed by atoms with E-state index in [0.29, 0.717) is 17.3 Å². The Morgan fingerprint density at radius 1 is 1.31 bits per heavy atom. The van der Waals surface area contributed by atoms with Crippen LogP contribution in [0.4, 0.5) is 0 Å². The van der Waals surface area contributed by atoms with Crippen molar-refractivity contribution < 1.29 is 14.7 Å². The number of thioether (sulfide) groups is 1. The van der Waals surface area contributed by atoms with Crippen molar-refractivity contribution in [2.45, 2.75) is 5.44 Å². The van der Waals surface area contributed by atoms with Gasteiger partial charge in [0.25, 0.3) is 5.91 Å². The number of aliphatic hydroxyl groups is 1. The summed E-state index contributed by atoms with van der Waals surface area (Å²) in [6, 6.07) is 8.21. The molecule has 1 amide bonds. The third-order valence-electron chi connectivity index (χ3n) is 1.75. The zero-order valence-electron chi connectivity index (χ0n) is 8.20. The molecular weight excluding hydrogens is 230 g/mol. The molecule has 1 rings (SSSR count). The Morgan fingerprint density at radius 2 is 1.94 bits per heavy atom. The highest BCUT2D eigenvalue weighted by molar-refractivity contribution is 8.01. The number of rotatable bonds is 5. The van der Waals surface area contributed by atoms with Gasteiger partial charge in [-0.15, -0.1) is 16.7 Å². The van der Waals surface area contributed by atoms with E-state index < -0.39 is 17.1 Å². The maximum absolute atomic E-state index is 11.6. The van der Waals surface area contributed by atoms with Gasteiger partial charge in [-0.05, 0) is 0 Å². The van der Waals surface area contributed by atoms with Gasteiger partial charge in [0.1, 0.15) is 0 Å². The molecule has 0 aliphatic heterocycles. The molecule has 0 bridgehead atoms. The van der Waals surface area contributed by atoms with Gasteiger partial charge in [-0.1, -0.05) is 30.3 Å². The quantitative estimate of drug-likeness (QED) is 0.474. The van der Waals surface area contributed by atoms with E-state index in [1.54, 1.807) is 30.3 Å². The number of hydrogen-bond acceptors (Lipinski definition) is 5. The van der Waals surface area contributed by atoms with E-state index in [4.69, 9.17) is 0 Å². The number of hydrogen-bond donors (Lipinski definition) is 1. The third-order valence-corrected chi connectivity index (χ3v) is 2.69. The Kier molecular flexibility index (Phi) is 4.81. The number of aliphatic hydroxyl groups excluding tert-OH is 1. The van der Waals surface area contributed by atoms with Crippen LogP contribution in [0.15, 0.2) is 35.5 Å². The summed E-state index contributed by atoms with van der Waals surface area (Å²) in [4.78, 5) is 31.9. The number of nitroso groups, excluding NO2 is 1. The van der Waals surface area contributed by atoms with Crippen molar-refractivity contribution in [1.29, 1.82) is 0 Å². The van der Waals surface area contributed by atoms with Gasteiger partial charge in [0, 0.05) is 10.7 Å². The molecule has 0 aliphatic rings. The maximum atomic E-state index is 11.6. The summed E-state index contributed by atoms with van der Waals surface area (Å²) in [5, 5.41) is 11.6. The van der Waals surface area contributed by atoms with E-state index in [1.807, 2.05) is 0 Å². The highest BCUT2D eigenvalue weighted by atomic mass is 32.2. The lowest BCUT2D eigenvalue weighted by atomic mass is 10.1. The molecular formula is C10H9NO4S. The van der Waals surface area contributed by atoms with Crippen molar-refractivity contribution in [3.8, 4) is 0 Å². The molecule has 84 valence electrons. The number of nitrogens with zero attached hydrogens (tertiary/aromatic N) is 1. The van der Waals surface area contributed by atoms with Gasteiger partial charge in [-0.25, -0.2) is 0 Å². The molecule has 1 atom stereocenters. The molecule has 0 spiro atoms. The van der Waals surface area contributed by atoms with Crippen LogP contribution < -0.4 is 0 Å². The predicted octanol–water partition coefficient (Wildman–Crippen LogP) is 1.21. The Bertz CT molecular complexity index is 393. The van der Waals surface area contributed by atoms with E-state index in [2.05, 4.69) is 5.18 Å². The van der Waals surface area contributed by atoms with E-state index >= 15 is 0 Å². The summed E-state index contributed by atoms with van der Waals surface area (Å²) in [7, 11) is 0. The van der Waals surface area contributed by atoms with Crippen molar-refractivity contribution in [3.05, 3.63) is 40.8 Å². The Morgan fingerprint density at radius 3 is 2.50 bits per heavy atom. The first kappa shape index (κ1) is 12.5. The zero-order chi connectivity index (χ0) is 12.0. The zero-order valence-corrected chi connectivity index (χ0v) is 9.02. The monoisotopic (exact) mass is 239 g/mol. The molecule has 1 N–H and O–H groups in total. The minimum atomic E-state index is -1.35. The predicted molar refractivity (Wildman–Crippen MR) is 60.0 cm³/mol. The molecule has 1 unspecified atom stereocenters. The molecule has 6 heteroatoms. The lowest BCUT2D eigenvalue weighted by Gasteiger charge is -2.07. The van der Waals surface area contributed by atoms with E-state index in [-0.39, 0.29) is 5.75 Å². The molecule has 0 saturated carbocycles. The molecule has 0 radical (unpaired) electrons. The smallest absolute Gasteiger partial charge is 0.296 e. The highest BCUT2D eigenvalue weighted by Gasteiger charge is 2.18. The lowest BCUT2D eigenvalue weighted by molar-refractivity contribution is -0.115. The number of ketones is 1. The van der Waals surface area contributed by atoms with Gasteiger partial charge in [0.2, 0.25) is 5.78 Å². The molecule has 0 saturated heterocycles. The van der Waals surface area contributed by atoms with Crippen molar-refractivity contribution >= 4 is 23.5 Å². The Balaban J connectivity index is 2.55. The summed E-state index contributed by atoms with van der Waals surface area (Å²) in [6.45, 7) is 0. The average molecular weight is 239 g/mol. The topological polar surface area (TPSA) is 83.8 Å². The highest BCUT2D eigenvalue weighted by Crippen LogP contribution is 2.14. The second-order valence-electron chi connectivity index (χ2n) is 2.88. The minimum Gasteiger partial charge on any atom is -0.374 e. The van der Waals surface area contributed by atoms with Crippen LogP contribution in [-0.4, -0.2) is 28.0 Å². The second-order valence-corrected chi connectivity index (χ2v) is 3.95. The van der Waals surface area contributed by atoms with Crippen molar-refractivity contribution in [1.82, 2.24) is 0 Å². The molecule has 0 aromatic heterocycles. The van der Waals surface area contributed by atoms with Crippen LogP contribution in [0.25, 0.3) is 0 Å². The first-order chi connectivity index (χ1) is 7.65. The van der Waals surface area contributed by atoms with Crippen LogP contribution in [0, 0.1) is 4.91 Å². The van der Waals surface area contributed by atoms with Crippen LogP contribution in [0.5, 0.6) is 0 Å². The fourth-order valence-electron chi connectivity index (χ4n) is 0.997. The number of benzene rings is 1. The van der Waals surface area contributed by atoms with E-state index in [0.717, 1.165) is 0 Å². The number of carbonyl (C=O) groups excluding carboxylic acids is 2. The van der Waals surface area contributed by atoms with Crippen LogP contribution >= 0.6 is 11.8 Å². The first-order valence-electron chi connectivity index (χ1n) is 4.40. The standard InChI is InChI=1S/C10H9NO4S/c12-8(11-15)6-16-10(14)9(13)7-4-2-1-3-5-7/h1-5,10,14H,6H2. The van der Waals surface area contributed by atoms with Crippen LogP contribution in [0.2, 0.25) is 0 Å². The van der Waals surface area contributed by atoms with Gasteiger partial charge in [0.05, 0.1) is 5.75 Å². The molecule has 5 nitrogen and oxygen atoms in total. The van der Waals surface area contributed by atoms with Gasteiger partial charge >= 0.3 is 0 Å². The summed E-state index contributed by atoms with van der Waals surface area (Å²) >= 11 is 0.675. The number of carbonyl (C=O) groups is 2. The van der Waals surface area contributed by atoms with Crippen molar-refractivity contribution in [2.75, 3.05) is 5.75 Å². The molecule has 0 heterocycles. The van der Waals surface area contributed by atoms with Gasteiger partial charge in [0.15, 0.2) is 5.44 Å². The Labute approximate surface area is 95.8 Å². The second kappa shape index (κ2) is 6.14. The van der Waals surface area contributed by atoms with E-state index in [9.17, 15) is 19.6 Å². The summed E-state index contributed by atoms with van der Waals surface area (Å²) in [6.07, 6.45) is 0. The number of Topliss-reactive ketones (excluding diaryl/α,β-unsaturated/α-hetero) is 1. The normalized spacial score (nSPS) is 11.8. The molecule has 0 aliphatic carbocycles.